The first kappa shape index (κ1) is 21.9. The minimum atomic E-state index is -0.796. The smallest absolute Gasteiger partial charge is 0.347 e. The van der Waals surface area contributed by atoms with Crippen molar-refractivity contribution in [3.8, 4) is 17.4 Å². The van der Waals surface area contributed by atoms with Crippen LogP contribution in [0, 0.1) is 5.82 Å². The molecule has 2 aromatic carbocycles. The molecule has 0 N–H and O–H groups in total. The van der Waals surface area contributed by atoms with Crippen LogP contribution in [0.15, 0.2) is 53.8 Å². The fraction of sp³-hybridized carbons (Fsp3) is 0.273. The van der Waals surface area contributed by atoms with Crippen LogP contribution < -0.4 is 9.47 Å². The molecule has 1 aromatic heterocycles. The number of ether oxygens (including phenoxy) is 3. The van der Waals surface area contributed by atoms with Crippen molar-refractivity contribution in [1.82, 2.24) is 9.97 Å². The van der Waals surface area contributed by atoms with Gasteiger partial charge in [0.1, 0.15) is 23.9 Å². The van der Waals surface area contributed by atoms with Crippen LogP contribution in [0.25, 0.3) is 11.0 Å². The van der Waals surface area contributed by atoms with Crippen LogP contribution in [0.1, 0.15) is 20.8 Å². The zero-order chi connectivity index (χ0) is 22.2. The van der Waals surface area contributed by atoms with Crippen LogP contribution in [0.3, 0.4) is 0 Å². The van der Waals surface area contributed by atoms with Gasteiger partial charge in [0.05, 0.1) is 22.9 Å². The van der Waals surface area contributed by atoms with E-state index in [2.05, 4.69) is 15.1 Å². The molecule has 0 spiro atoms. The summed E-state index contributed by atoms with van der Waals surface area (Å²) in [5.74, 6) is 0.360. The molecule has 0 aliphatic heterocycles. The lowest BCUT2D eigenvalue weighted by Crippen LogP contribution is -2.27. The molecular formula is C22H22FN3O5. The summed E-state index contributed by atoms with van der Waals surface area (Å²) in [6, 6.07) is 10.8. The predicted octanol–water partition coefficient (Wildman–Crippen LogP) is 4.28. The first-order valence-corrected chi connectivity index (χ1v) is 9.57. The fourth-order valence-electron chi connectivity index (χ4n) is 2.45. The lowest BCUT2D eigenvalue weighted by Gasteiger charge is -2.14. The summed E-state index contributed by atoms with van der Waals surface area (Å²) in [5.41, 5.74) is 1.74. The Kier molecular flexibility index (Phi) is 7.31. The molecule has 1 unspecified atom stereocenters. The minimum absolute atomic E-state index is 0.0789. The zero-order valence-electron chi connectivity index (χ0n) is 17.4. The standard InChI is InChI=1S/C22H22FN3O5/c1-14(2)26-29-11-10-28-22(27)15(3)30-17-5-7-18(8-6-17)31-21-13-24-20-12-16(23)4-9-19(20)25-21/h4-9,12-13,15H,10-11H2,1-3H3. The molecule has 0 radical (unpaired) electrons. The van der Waals surface area contributed by atoms with Gasteiger partial charge in [-0.15, -0.1) is 0 Å². The molecule has 0 fully saturated rings. The summed E-state index contributed by atoms with van der Waals surface area (Å²) in [6.07, 6.45) is 0.621. The van der Waals surface area contributed by atoms with E-state index in [0.29, 0.717) is 22.5 Å². The number of carbonyl (C=O) groups excluding carboxylic acids is 1. The van der Waals surface area contributed by atoms with Gasteiger partial charge < -0.3 is 19.0 Å². The van der Waals surface area contributed by atoms with Crippen molar-refractivity contribution in [1.29, 1.82) is 0 Å². The van der Waals surface area contributed by atoms with Crippen LogP contribution in [-0.2, 0) is 14.4 Å². The van der Waals surface area contributed by atoms with E-state index in [1.54, 1.807) is 45.0 Å². The highest BCUT2D eigenvalue weighted by Gasteiger charge is 2.16. The van der Waals surface area contributed by atoms with Crippen molar-refractivity contribution in [3.05, 3.63) is 54.5 Å². The number of benzene rings is 2. The molecule has 3 rings (SSSR count). The van der Waals surface area contributed by atoms with E-state index >= 15 is 0 Å². The maximum Gasteiger partial charge on any atom is 0.347 e. The molecule has 0 saturated heterocycles. The number of hydrogen-bond donors (Lipinski definition) is 0. The van der Waals surface area contributed by atoms with Crippen molar-refractivity contribution in [2.75, 3.05) is 13.2 Å². The van der Waals surface area contributed by atoms with Crippen LogP contribution in [0.5, 0.6) is 17.4 Å². The zero-order valence-corrected chi connectivity index (χ0v) is 17.4. The number of halogens is 1. The van der Waals surface area contributed by atoms with Gasteiger partial charge in [-0.25, -0.2) is 19.2 Å². The Bertz CT molecular complexity index is 1070. The quantitative estimate of drug-likeness (QED) is 0.218. The first-order chi connectivity index (χ1) is 14.9. The number of hydrogen-bond acceptors (Lipinski definition) is 8. The van der Waals surface area contributed by atoms with Crippen LogP contribution in [0.4, 0.5) is 4.39 Å². The molecule has 8 nitrogen and oxygen atoms in total. The second-order valence-electron chi connectivity index (χ2n) is 6.71. The third-order valence-electron chi connectivity index (χ3n) is 3.84. The fourth-order valence-corrected chi connectivity index (χ4v) is 2.45. The topological polar surface area (TPSA) is 92.1 Å². The number of fused-ring (bicyclic) bond motifs is 1. The van der Waals surface area contributed by atoms with Gasteiger partial charge in [0.15, 0.2) is 12.7 Å². The maximum absolute atomic E-state index is 13.2. The van der Waals surface area contributed by atoms with E-state index in [-0.39, 0.29) is 24.9 Å². The molecular weight excluding hydrogens is 405 g/mol. The number of aromatic nitrogens is 2. The van der Waals surface area contributed by atoms with Gasteiger partial charge in [0.25, 0.3) is 0 Å². The van der Waals surface area contributed by atoms with Gasteiger partial charge in [0.2, 0.25) is 5.88 Å². The molecule has 1 heterocycles. The Labute approximate surface area is 178 Å². The summed E-state index contributed by atoms with van der Waals surface area (Å²) >= 11 is 0. The Hall–Kier alpha value is -3.75. The van der Waals surface area contributed by atoms with Crippen LogP contribution in [-0.4, -0.2) is 41.0 Å². The van der Waals surface area contributed by atoms with Crippen molar-refractivity contribution in [2.24, 2.45) is 5.16 Å². The molecule has 3 aromatic rings. The molecule has 9 heteroatoms. The summed E-state index contributed by atoms with van der Waals surface area (Å²) < 4.78 is 29.6. The lowest BCUT2D eigenvalue weighted by molar-refractivity contribution is -0.152. The van der Waals surface area contributed by atoms with E-state index in [1.165, 1.54) is 24.4 Å². The Morgan fingerprint density at radius 1 is 1.06 bits per heavy atom. The van der Waals surface area contributed by atoms with E-state index in [0.717, 1.165) is 5.71 Å². The second-order valence-corrected chi connectivity index (χ2v) is 6.71. The largest absolute Gasteiger partial charge is 0.479 e. The Morgan fingerprint density at radius 3 is 2.55 bits per heavy atom. The predicted molar refractivity (Wildman–Crippen MR) is 112 cm³/mol. The molecule has 0 bridgehead atoms. The van der Waals surface area contributed by atoms with Crippen molar-refractivity contribution >= 4 is 22.7 Å². The normalized spacial score (nSPS) is 11.5. The third kappa shape index (κ3) is 6.63. The average molecular weight is 427 g/mol. The van der Waals surface area contributed by atoms with E-state index in [9.17, 15) is 9.18 Å². The summed E-state index contributed by atoms with van der Waals surface area (Å²) in [6.45, 7) is 5.44. The number of oxime groups is 1. The van der Waals surface area contributed by atoms with Gasteiger partial charge in [0, 0.05) is 6.07 Å². The third-order valence-corrected chi connectivity index (χ3v) is 3.84. The minimum Gasteiger partial charge on any atom is -0.479 e. The number of carbonyl (C=O) groups is 1. The maximum atomic E-state index is 13.2. The average Bonchev–Trinajstić information content (AvgIpc) is 2.74. The molecule has 162 valence electrons. The molecule has 31 heavy (non-hydrogen) atoms. The summed E-state index contributed by atoms with van der Waals surface area (Å²) in [7, 11) is 0. The van der Waals surface area contributed by atoms with Crippen molar-refractivity contribution in [3.63, 3.8) is 0 Å². The molecule has 0 aliphatic rings. The summed E-state index contributed by atoms with van der Waals surface area (Å²) in [4.78, 5) is 25.4. The first-order valence-electron chi connectivity index (χ1n) is 9.57. The van der Waals surface area contributed by atoms with Crippen LogP contribution >= 0.6 is 0 Å². The Balaban J connectivity index is 1.51. The molecule has 0 aliphatic carbocycles. The molecule has 0 saturated carbocycles. The number of esters is 1. The highest BCUT2D eigenvalue weighted by atomic mass is 19.1. The van der Waals surface area contributed by atoms with Gasteiger partial charge in [-0.1, -0.05) is 5.16 Å². The van der Waals surface area contributed by atoms with E-state index in [1.807, 2.05) is 0 Å². The van der Waals surface area contributed by atoms with Crippen LogP contribution in [0.2, 0.25) is 0 Å². The Morgan fingerprint density at radius 2 is 1.81 bits per heavy atom. The monoisotopic (exact) mass is 427 g/mol. The summed E-state index contributed by atoms with van der Waals surface area (Å²) in [5, 5.41) is 3.75. The molecule has 0 amide bonds. The number of nitrogens with zero attached hydrogens (tertiary/aromatic N) is 3. The van der Waals surface area contributed by atoms with E-state index < -0.39 is 12.1 Å². The highest BCUT2D eigenvalue weighted by Crippen LogP contribution is 2.24. The van der Waals surface area contributed by atoms with Crippen molar-refractivity contribution < 1.29 is 28.2 Å². The molecule has 1 atom stereocenters. The van der Waals surface area contributed by atoms with Gasteiger partial charge >= 0.3 is 5.97 Å². The second kappa shape index (κ2) is 10.3. The van der Waals surface area contributed by atoms with Gasteiger partial charge in [-0.3, -0.25) is 0 Å². The van der Waals surface area contributed by atoms with E-state index in [4.69, 9.17) is 19.0 Å². The SMILES string of the molecule is CC(C)=NOCCOC(=O)C(C)Oc1ccc(Oc2cnc3cc(F)ccc3n2)cc1. The highest BCUT2D eigenvalue weighted by molar-refractivity contribution is 5.78. The number of rotatable bonds is 9. The lowest BCUT2D eigenvalue weighted by atomic mass is 10.3. The van der Waals surface area contributed by atoms with Gasteiger partial charge in [-0.2, -0.15) is 0 Å². The van der Waals surface area contributed by atoms with Crippen molar-refractivity contribution in [2.45, 2.75) is 26.9 Å². The van der Waals surface area contributed by atoms with Gasteiger partial charge in [-0.05, 0) is 57.2 Å².